The molecule has 2 saturated heterocycles. The van der Waals surface area contributed by atoms with Crippen molar-refractivity contribution in [2.75, 3.05) is 52.5 Å². The third kappa shape index (κ3) is 8.22. The van der Waals surface area contributed by atoms with Gasteiger partial charge in [-0.05, 0) is 200 Å². The largest absolute Gasteiger partial charge is 0.508 e. The van der Waals surface area contributed by atoms with Crippen molar-refractivity contribution in [2.24, 2.45) is 0 Å². The maximum Gasteiger partial charge on any atom is 0.186 e. The molecule has 3 N–H and O–H groups in total. The number of phenols is 3. The molecule has 2 aliphatic heterocycles. The number of allylic oxidation sites excluding steroid dienone is 2. The number of rotatable bonds is 10. The molecular weight excluding hydrogens is 889 g/mol. The third-order valence-corrected chi connectivity index (χ3v) is 15.5. The van der Waals surface area contributed by atoms with Crippen LogP contribution < -0.4 is 9.47 Å². The zero-order valence-electron chi connectivity index (χ0n) is 40.1. The average molecular weight is 947 g/mol. The van der Waals surface area contributed by atoms with Crippen molar-refractivity contribution in [3.63, 3.8) is 0 Å². The molecule has 2 spiro atoms. The van der Waals surface area contributed by atoms with Gasteiger partial charge in [0.05, 0.1) is 5.41 Å². The Hall–Kier alpha value is -7.27. The van der Waals surface area contributed by atoms with Gasteiger partial charge in [-0.1, -0.05) is 66.9 Å². The molecule has 6 aromatic carbocycles. The van der Waals surface area contributed by atoms with Gasteiger partial charge in [-0.25, -0.2) is 0 Å². The zero-order chi connectivity index (χ0) is 48.9. The van der Waals surface area contributed by atoms with E-state index >= 15 is 0 Å². The number of phenolic OH excluding ortho intramolecular Hbond substituents is 3. The van der Waals surface area contributed by atoms with Gasteiger partial charge in [0.15, 0.2) is 17.3 Å². The third-order valence-electron chi connectivity index (χ3n) is 15.5. The number of ether oxygens (including phenoxy) is 2. The number of aryl methyl sites for hydroxylation is 1. The van der Waals surface area contributed by atoms with Crippen LogP contribution in [0.4, 0.5) is 0 Å². The maximum absolute atomic E-state index is 14.2. The topological polar surface area (TPSA) is 137 Å². The van der Waals surface area contributed by atoms with E-state index in [0.29, 0.717) is 58.8 Å². The lowest BCUT2D eigenvalue weighted by atomic mass is 9.71. The summed E-state index contributed by atoms with van der Waals surface area (Å²) in [4.78, 5) is 47.2. The Bertz CT molecular complexity index is 3160. The van der Waals surface area contributed by atoms with Gasteiger partial charge in [0.2, 0.25) is 0 Å². The highest BCUT2D eigenvalue weighted by molar-refractivity contribution is 6.41. The van der Waals surface area contributed by atoms with Crippen LogP contribution in [-0.4, -0.2) is 95.0 Å². The lowest BCUT2D eigenvalue weighted by Gasteiger charge is -2.28. The Morgan fingerprint density at radius 2 is 1.07 bits per heavy atom. The summed E-state index contributed by atoms with van der Waals surface area (Å²) in [5.41, 5.74) is 7.52. The smallest absolute Gasteiger partial charge is 0.186 e. The quantitative estimate of drug-likeness (QED) is 0.114. The van der Waals surface area contributed by atoms with Crippen LogP contribution >= 0.6 is 0 Å². The van der Waals surface area contributed by atoms with Crippen LogP contribution in [0.1, 0.15) is 114 Å². The molecule has 6 aromatic rings. The standard InChI is InChI=1S/C31H31NO3.C30H27NO5/c1-21-5-7-22(8-6-21)29-19-23-17-25(33)9-12-28(23)31(29)20-24-18-26(10-11-27(24)30(31)34)35-16-15-32-13-3-2-4-14-32;32-21-6-4-5-19(15-21)27-17-20-16-22(33)7-10-26(20)30(27)28(34)24-9-8-23(18-25(24)29(30)35)36-14-13-31-11-2-1-3-12-31/h5-12,17-19,33H,2-4,13-16,20H2,1H3;4-10,15-18,32-33H,1-3,11-14H2. The molecule has 2 fully saturated rings. The predicted molar refractivity (Wildman–Crippen MR) is 276 cm³/mol. The van der Waals surface area contributed by atoms with Crippen molar-refractivity contribution < 1.29 is 39.2 Å². The molecule has 2 atom stereocenters. The van der Waals surface area contributed by atoms with E-state index in [1.54, 1.807) is 72.8 Å². The zero-order valence-corrected chi connectivity index (χ0v) is 40.1. The van der Waals surface area contributed by atoms with E-state index in [1.165, 1.54) is 50.2 Å². The highest BCUT2D eigenvalue weighted by Gasteiger charge is 2.60. The fourth-order valence-corrected chi connectivity index (χ4v) is 11.9. The van der Waals surface area contributed by atoms with Crippen molar-refractivity contribution in [3.05, 3.63) is 183 Å². The van der Waals surface area contributed by atoms with Crippen molar-refractivity contribution in [1.82, 2.24) is 9.80 Å². The number of carbonyl (C=O) groups excluding carboxylic acids is 3. The van der Waals surface area contributed by atoms with Gasteiger partial charge in [0, 0.05) is 29.8 Å². The lowest BCUT2D eigenvalue weighted by Crippen LogP contribution is -2.38. The molecule has 12 rings (SSSR count). The van der Waals surface area contributed by atoms with Crippen molar-refractivity contribution in [1.29, 1.82) is 0 Å². The first-order valence-corrected chi connectivity index (χ1v) is 25.1. The second-order valence-electron chi connectivity index (χ2n) is 19.9. The summed E-state index contributed by atoms with van der Waals surface area (Å²) in [5.74, 6) is 1.21. The number of Topliss-reactive ketones (excluding diaryl/α,β-unsaturated/α-hetero) is 3. The number of likely N-dealkylation sites (tertiary alicyclic amines) is 2. The Morgan fingerprint density at radius 1 is 0.507 bits per heavy atom. The highest BCUT2D eigenvalue weighted by atomic mass is 16.5. The fraction of sp³-hybridized carbons (Fsp3) is 0.295. The minimum absolute atomic E-state index is 0.0437. The van der Waals surface area contributed by atoms with Gasteiger partial charge in [-0.2, -0.15) is 0 Å². The summed E-state index contributed by atoms with van der Waals surface area (Å²) in [6.45, 7) is 9.51. The number of aromatic hydroxyl groups is 3. The van der Waals surface area contributed by atoms with E-state index in [0.717, 1.165) is 78.4 Å². The first-order valence-electron chi connectivity index (χ1n) is 25.1. The highest BCUT2D eigenvalue weighted by Crippen LogP contribution is 2.57. The van der Waals surface area contributed by atoms with E-state index < -0.39 is 10.8 Å². The van der Waals surface area contributed by atoms with Crippen LogP contribution in [0.5, 0.6) is 28.7 Å². The molecular formula is C61H58N2O8. The van der Waals surface area contributed by atoms with Crippen LogP contribution in [0.15, 0.2) is 121 Å². The predicted octanol–water partition coefficient (Wildman–Crippen LogP) is 10.6. The van der Waals surface area contributed by atoms with E-state index in [1.807, 2.05) is 18.2 Å². The van der Waals surface area contributed by atoms with E-state index in [4.69, 9.17) is 9.47 Å². The van der Waals surface area contributed by atoms with Crippen LogP contribution in [0.2, 0.25) is 0 Å². The number of hydrogen-bond acceptors (Lipinski definition) is 10. The van der Waals surface area contributed by atoms with Crippen LogP contribution in [0.25, 0.3) is 23.3 Å². The van der Waals surface area contributed by atoms with Crippen molar-refractivity contribution >= 4 is 40.6 Å². The number of piperidine rings is 2. The van der Waals surface area contributed by atoms with Gasteiger partial charge < -0.3 is 24.8 Å². The second kappa shape index (κ2) is 18.8. The summed E-state index contributed by atoms with van der Waals surface area (Å²) in [5, 5.41) is 30.4. The van der Waals surface area contributed by atoms with Gasteiger partial charge in [-0.3, -0.25) is 24.2 Å². The van der Waals surface area contributed by atoms with Gasteiger partial charge in [-0.15, -0.1) is 0 Å². The van der Waals surface area contributed by atoms with E-state index in [2.05, 4.69) is 53.1 Å². The molecule has 0 bridgehead atoms. The van der Waals surface area contributed by atoms with Gasteiger partial charge in [0.25, 0.3) is 0 Å². The summed E-state index contributed by atoms with van der Waals surface area (Å²) < 4.78 is 12.1. The fourth-order valence-electron chi connectivity index (χ4n) is 11.9. The average Bonchev–Trinajstić information content (AvgIpc) is 4.05. The molecule has 4 aliphatic carbocycles. The monoisotopic (exact) mass is 946 g/mol. The molecule has 6 aliphatic rings. The Kier molecular flexibility index (Phi) is 12.2. The van der Waals surface area contributed by atoms with Crippen LogP contribution in [-0.2, 0) is 17.3 Å². The van der Waals surface area contributed by atoms with Crippen LogP contribution in [0, 0.1) is 6.92 Å². The van der Waals surface area contributed by atoms with Crippen LogP contribution in [0.3, 0.4) is 0 Å². The Labute approximate surface area is 414 Å². The summed E-state index contributed by atoms with van der Waals surface area (Å²) in [6, 6.07) is 36.1. The SMILES string of the molecule is Cc1ccc(C2=Cc3cc(O)ccc3C23Cc2cc(OCCN4CCCCC4)ccc2C3=O)cc1.O=C1c2ccc(OCCN3CCCCC3)cc2C(=O)C12C(c1cccc(O)c1)=Cc1cc(O)ccc12. The molecule has 0 amide bonds. The number of benzene rings is 6. The van der Waals surface area contributed by atoms with Gasteiger partial charge >= 0.3 is 0 Å². The molecule has 0 aromatic heterocycles. The summed E-state index contributed by atoms with van der Waals surface area (Å²) in [7, 11) is 0. The normalized spacial score (nSPS) is 21.1. The molecule has 2 unspecified atom stereocenters. The first kappa shape index (κ1) is 46.1. The molecule has 71 heavy (non-hydrogen) atoms. The maximum atomic E-state index is 14.2. The minimum atomic E-state index is -1.56. The molecule has 10 heteroatoms. The first-order chi connectivity index (χ1) is 34.5. The molecule has 360 valence electrons. The molecule has 0 saturated carbocycles. The molecule has 0 radical (unpaired) electrons. The Morgan fingerprint density at radius 3 is 1.72 bits per heavy atom. The minimum Gasteiger partial charge on any atom is -0.508 e. The number of carbonyl (C=O) groups is 3. The summed E-state index contributed by atoms with van der Waals surface area (Å²) in [6.07, 6.45) is 12.0. The molecule has 2 heterocycles. The number of ketones is 3. The van der Waals surface area contributed by atoms with Crippen molar-refractivity contribution in [3.8, 4) is 28.7 Å². The number of nitrogens with zero attached hydrogens (tertiary/aromatic N) is 2. The lowest BCUT2D eigenvalue weighted by molar-refractivity contribution is 0.0843. The van der Waals surface area contributed by atoms with Gasteiger partial charge in [0.1, 0.15) is 47.4 Å². The van der Waals surface area contributed by atoms with E-state index in [9.17, 15) is 29.7 Å². The Balaban J connectivity index is 0.000000154. The number of fused-ring (bicyclic) bond motifs is 6. The van der Waals surface area contributed by atoms with Crippen molar-refractivity contribution in [2.45, 2.75) is 62.7 Å². The number of hydrogen-bond donors (Lipinski definition) is 3. The van der Waals surface area contributed by atoms with E-state index in [-0.39, 0.29) is 34.6 Å². The molecule has 10 nitrogen and oxygen atoms in total. The summed E-state index contributed by atoms with van der Waals surface area (Å²) >= 11 is 0. The second-order valence-corrected chi connectivity index (χ2v) is 19.9.